The molecule has 0 aliphatic carbocycles. The predicted molar refractivity (Wildman–Crippen MR) is 165 cm³/mol. The van der Waals surface area contributed by atoms with E-state index in [0.717, 1.165) is 33.2 Å². The number of furan rings is 1. The van der Waals surface area contributed by atoms with Gasteiger partial charge in [-0.3, -0.25) is 0 Å². The third-order valence-electron chi connectivity index (χ3n) is 9.28. The third kappa shape index (κ3) is 3.34. The number of pyridine rings is 2. The summed E-state index contributed by atoms with van der Waals surface area (Å²) in [7, 11) is 0. The van der Waals surface area contributed by atoms with E-state index in [1.165, 1.54) is 27.9 Å². The number of aromatic nitrogens is 2. The molecule has 0 amide bonds. The molecule has 6 aromatic rings. The fourth-order valence-electron chi connectivity index (χ4n) is 7.29. The molecule has 4 heteroatoms. The Kier molecular flexibility index (Phi) is 5.15. The molecule has 2 aliphatic rings. The highest BCUT2D eigenvalue weighted by Gasteiger charge is 2.52. The monoisotopic (exact) mass is 545 g/mol. The molecule has 3 aromatic heterocycles. The van der Waals surface area contributed by atoms with Crippen LogP contribution in [0.15, 0.2) is 114 Å². The van der Waals surface area contributed by atoms with Gasteiger partial charge in [-0.05, 0) is 59.5 Å². The molecule has 0 bridgehead atoms. The molecule has 0 spiro atoms. The van der Waals surface area contributed by atoms with E-state index in [9.17, 15) is 5.26 Å². The van der Waals surface area contributed by atoms with Crippen LogP contribution in [0.2, 0.25) is 0 Å². The first kappa shape index (κ1) is 24.8. The van der Waals surface area contributed by atoms with Crippen LogP contribution in [-0.2, 0) is 5.41 Å². The van der Waals surface area contributed by atoms with E-state index in [1.807, 2.05) is 18.2 Å². The van der Waals surface area contributed by atoms with E-state index in [4.69, 9.17) is 4.42 Å². The highest BCUT2D eigenvalue weighted by atomic mass is 16.3. The van der Waals surface area contributed by atoms with Crippen molar-refractivity contribution >= 4 is 21.9 Å². The van der Waals surface area contributed by atoms with Crippen molar-refractivity contribution in [2.24, 2.45) is 0 Å². The van der Waals surface area contributed by atoms with Crippen LogP contribution in [0.3, 0.4) is 0 Å². The first-order valence-electron chi connectivity index (χ1n) is 14.6. The van der Waals surface area contributed by atoms with Crippen molar-refractivity contribution < 1.29 is 13.6 Å². The number of rotatable bonds is 2. The molecule has 2 aliphatic heterocycles. The SMILES string of the molecule is C=CC1C(C2c3ccc4c(oc5cc(C#N)ccc54)c3-c3cccc[n+]32)c2ccccc2-c2ccc(C(C)(C)C)c[n+]21. The molecule has 4 nitrogen and oxygen atoms in total. The second-order valence-electron chi connectivity index (χ2n) is 12.6. The zero-order chi connectivity index (χ0) is 28.7. The summed E-state index contributed by atoms with van der Waals surface area (Å²) in [6.45, 7) is 11.2. The number of allylic oxidation sites excluding steroid dienone is 1. The van der Waals surface area contributed by atoms with Crippen molar-refractivity contribution in [3.8, 4) is 28.6 Å². The lowest BCUT2D eigenvalue weighted by atomic mass is 9.76. The molecular formula is C38H31N3O+2. The van der Waals surface area contributed by atoms with E-state index in [-0.39, 0.29) is 23.4 Å². The van der Waals surface area contributed by atoms with Crippen LogP contribution in [-0.4, -0.2) is 0 Å². The minimum absolute atomic E-state index is 0.0276. The molecule has 3 aromatic carbocycles. The minimum atomic E-state index is 0.0276. The molecule has 8 rings (SSSR count). The van der Waals surface area contributed by atoms with Gasteiger partial charge in [0.15, 0.2) is 24.5 Å². The molecule has 42 heavy (non-hydrogen) atoms. The van der Waals surface area contributed by atoms with Gasteiger partial charge in [-0.1, -0.05) is 51.6 Å². The zero-order valence-corrected chi connectivity index (χ0v) is 24.0. The highest BCUT2D eigenvalue weighted by molar-refractivity contribution is 6.10. The fourth-order valence-corrected chi connectivity index (χ4v) is 7.29. The average molecular weight is 546 g/mol. The Bertz CT molecular complexity index is 2140. The van der Waals surface area contributed by atoms with Gasteiger partial charge in [0.05, 0.1) is 22.8 Å². The molecule has 0 N–H and O–H groups in total. The maximum atomic E-state index is 9.49. The number of hydrogen-bond acceptors (Lipinski definition) is 2. The van der Waals surface area contributed by atoms with Gasteiger partial charge in [-0.25, -0.2) is 0 Å². The summed E-state index contributed by atoms with van der Waals surface area (Å²) >= 11 is 0. The van der Waals surface area contributed by atoms with Crippen LogP contribution in [0.25, 0.3) is 44.5 Å². The summed E-state index contributed by atoms with van der Waals surface area (Å²) in [5.74, 6) is 0.103. The normalized spacial score (nSPS) is 18.7. The van der Waals surface area contributed by atoms with Gasteiger partial charge in [0, 0.05) is 40.1 Å². The molecule has 3 atom stereocenters. The largest absolute Gasteiger partial charge is 0.455 e. The van der Waals surface area contributed by atoms with E-state index in [2.05, 4.69) is 128 Å². The van der Waals surface area contributed by atoms with Crippen LogP contribution in [0.5, 0.6) is 0 Å². The second-order valence-corrected chi connectivity index (χ2v) is 12.6. The number of hydrogen-bond donors (Lipinski definition) is 0. The maximum Gasteiger partial charge on any atom is 0.217 e. The second kappa shape index (κ2) is 8.74. The Morgan fingerprint density at radius 1 is 0.857 bits per heavy atom. The van der Waals surface area contributed by atoms with Gasteiger partial charge >= 0.3 is 0 Å². The van der Waals surface area contributed by atoms with E-state index in [0.29, 0.717) is 5.56 Å². The van der Waals surface area contributed by atoms with Crippen LogP contribution in [0.4, 0.5) is 0 Å². The number of nitriles is 1. The zero-order valence-electron chi connectivity index (χ0n) is 24.0. The lowest BCUT2D eigenvalue weighted by Crippen LogP contribution is -2.52. The molecule has 0 fully saturated rings. The first-order valence-corrected chi connectivity index (χ1v) is 14.6. The summed E-state index contributed by atoms with van der Waals surface area (Å²) in [5, 5.41) is 11.6. The van der Waals surface area contributed by atoms with Crippen molar-refractivity contribution in [1.29, 1.82) is 5.26 Å². The highest BCUT2D eigenvalue weighted by Crippen LogP contribution is 2.51. The molecular weight excluding hydrogens is 514 g/mol. The summed E-state index contributed by atoms with van der Waals surface area (Å²) < 4.78 is 11.4. The van der Waals surface area contributed by atoms with Crippen molar-refractivity contribution in [1.82, 2.24) is 0 Å². The van der Waals surface area contributed by atoms with Gasteiger partial charge < -0.3 is 4.42 Å². The van der Waals surface area contributed by atoms with Crippen LogP contribution >= 0.6 is 0 Å². The summed E-state index contributed by atoms with van der Waals surface area (Å²) in [6, 6.07) is 32.3. The van der Waals surface area contributed by atoms with Gasteiger partial charge in [-0.15, -0.1) is 0 Å². The van der Waals surface area contributed by atoms with Gasteiger partial charge in [0.1, 0.15) is 17.1 Å². The standard InChI is InChI=1S/C38H31N3O/c1-5-30-34(27-11-7-6-10-25(27)31-18-14-24(22-41(30)31)38(2,3)4)36-29-17-16-28-26-15-13-23(21-39)20-33(26)42-37(28)35(29)32-12-8-9-19-40(32)36/h5-20,22,30,34,36H,1H2,2-4H3/q+2. The minimum Gasteiger partial charge on any atom is -0.455 e. The Balaban J connectivity index is 1.41. The van der Waals surface area contributed by atoms with Crippen molar-refractivity contribution in [2.75, 3.05) is 0 Å². The van der Waals surface area contributed by atoms with Gasteiger partial charge in [0.2, 0.25) is 11.4 Å². The van der Waals surface area contributed by atoms with Crippen molar-refractivity contribution in [2.45, 2.75) is 44.2 Å². The first-order chi connectivity index (χ1) is 20.4. The van der Waals surface area contributed by atoms with Crippen LogP contribution in [0, 0.1) is 11.3 Å². The van der Waals surface area contributed by atoms with Crippen molar-refractivity contribution in [3.63, 3.8) is 0 Å². The molecule has 202 valence electrons. The molecule has 0 radical (unpaired) electrons. The lowest BCUT2D eigenvalue weighted by molar-refractivity contribution is -0.739. The number of nitrogens with zero attached hydrogens (tertiary/aromatic N) is 3. The fraction of sp³-hybridized carbons (Fsp3) is 0.184. The lowest BCUT2D eigenvalue weighted by Gasteiger charge is -2.31. The van der Waals surface area contributed by atoms with Gasteiger partial charge in [0.25, 0.3) is 0 Å². The predicted octanol–water partition coefficient (Wildman–Crippen LogP) is 8.09. The molecule has 0 saturated heterocycles. The Morgan fingerprint density at radius 3 is 2.48 bits per heavy atom. The van der Waals surface area contributed by atoms with Crippen LogP contribution < -0.4 is 9.13 Å². The Hall–Kier alpha value is -5.01. The summed E-state index contributed by atoms with van der Waals surface area (Å²) in [5.41, 5.74) is 10.9. The summed E-state index contributed by atoms with van der Waals surface area (Å²) in [4.78, 5) is 0. The van der Waals surface area contributed by atoms with E-state index >= 15 is 0 Å². The smallest absolute Gasteiger partial charge is 0.217 e. The van der Waals surface area contributed by atoms with E-state index in [1.54, 1.807) is 0 Å². The average Bonchev–Trinajstić information content (AvgIpc) is 3.54. The van der Waals surface area contributed by atoms with Gasteiger partial charge in [-0.2, -0.15) is 14.4 Å². The number of benzene rings is 3. The Morgan fingerprint density at radius 2 is 1.67 bits per heavy atom. The molecule has 5 heterocycles. The van der Waals surface area contributed by atoms with Crippen molar-refractivity contribution in [3.05, 3.63) is 132 Å². The third-order valence-corrected chi connectivity index (χ3v) is 9.28. The quantitative estimate of drug-likeness (QED) is 0.163. The number of fused-ring (bicyclic) bond motifs is 10. The van der Waals surface area contributed by atoms with Crippen LogP contribution in [0.1, 0.15) is 61.0 Å². The topological polar surface area (TPSA) is 44.7 Å². The van der Waals surface area contributed by atoms with E-state index < -0.39 is 0 Å². The maximum absolute atomic E-state index is 9.49. The Labute approximate surface area is 245 Å². The molecule has 0 saturated carbocycles. The summed E-state index contributed by atoms with van der Waals surface area (Å²) in [6.07, 6.45) is 6.67. The molecule has 3 unspecified atom stereocenters.